The molecule has 0 saturated heterocycles. The Hall–Kier alpha value is -2.68. The van der Waals surface area contributed by atoms with E-state index in [2.05, 4.69) is 9.97 Å². The molecule has 0 atom stereocenters. The molecular formula is C16H12N2O. The smallest absolute Gasteiger partial charge is 0.201 e. The van der Waals surface area contributed by atoms with E-state index >= 15 is 0 Å². The summed E-state index contributed by atoms with van der Waals surface area (Å²) in [7, 11) is 0. The number of ketones is 1. The molecule has 0 unspecified atom stereocenters. The number of H-pyrrole nitrogens is 1. The highest BCUT2D eigenvalue weighted by Gasteiger charge is 2.01. The van der Waals surface area contributed by atoms with Gasteiger partial charge in [0.25, 0.3) is 0 Å². The minimum Gasteiger partial charge on any atom is -0.359 e. The molecule has 0 amide bonds. The maximum absolute atomic E-state index is 11.8. The van der Waals surface area contributed by atoms with Gasteiger partial charge in [-0.25, -0.2) is 0 Å². The van der Waals surface area contributed by atoms with Crippen LogP contribution in [0.15, 0.2) is 60.9 Å². The molecule has 3 heteroatoms. The Balaban J connectivity index is 1.87. The quantitative estimate of drug-likeness (QED) is 0.570. The fraction of sp³-hybridized carbons (Fsp3) is 0. The number of aromatic amines is 1. The van der Waals surface area contributed by atoms with Crippen molar-refractivity contribution < 1.29 is 4.79 Å². The van der Waals surface area contributed by atoms with Gasteiger partial charge in [-0.2, -0.15) is 0 Å². The Morgan fingerprint density at radius 3 is 2.95 bits per heavy atom. The van der Waals surface area contributed by atoms with Gasteiger partial charge in [0.1, 0.15) is 0 Å². The van der Waals surface area contributed by atoms with Gasteiger partial charge in [0.15, 0.2) is 0 Å². The van der Waals surface area contributed by atoms with Crippen molar-refractivity contribution >= 4 is 22.8 Å². The summed E-state index contributed by atoms with van der Waals surface area (Å²) in [4.78, 5) is 19.0. The predicted octanol–water partition coefficient (Wildman–Crippen LogP) is 3.46. The Kier molecular flexibility index (Phi) is 2.94. The highest BCUT2D eigenvalue weighted by molar-refractivity contribution is 6.05. The van der Waals surface area contributed by atoms with Gasteiger partial charge in [-0.3, -0.25) is 9.78 Å². The van der Waals surface area contributed by atoms with Crippen molar-refractivity contribution in [1.29, 1.82) is 0 Å². The summed E-state index contributed by atoms with van der Waals surface area (Å²) in [5.41, 5.74) is 2.54. The van der Waals surface area contributed by atoms with Gasteiger partial charge in [-0.1, -0.05) is 18.2 Å². The number of rotatable bonds is 3. The zero-order valence-electron chi connectivity index (χ0n) is 10.2. The molecule has 3 rings (SSSR count). The maximum atomic E-state index is 11.8. The molecule has 0 aliphatic rings. The molecule has 0 aliphatic heterocycles. The normalized spacial score (nSPS) is 11.2. The molecule has 0 aliphatic carbocycles. The first-order valence-corrected chi connectivity index (χ1v) is 6.03. The van der Waals surface area contributed by atoms with Crippen LogP contribution in [0.2, 0.25) is 0 Å². The molecular weight excluding hydrogens is 236 g/mol. The molecule has 19 heavy (non-hydrogen) atoms. The molecule has 1 N–H and O–H groups in total. The lowest BCUT2D eigenvalue weighted by Crippen LogP contribution is -1.93. The molecule has 3 nitrogen and oxygen atoms in total. The lowest BCUT2D eigenvalue weighted by molar-refractivity contribution is 0.104. The van der Waals surface area contributed by atoms with E-state index in [1.807, 2.05) is 42.5 Å². The average molecular weight is 248 g/mol. The number of carbonyl (C=O) groups excluding carboxylic acids is 1. The number of fused-ring (bicyclic) bond motifs is 1. The van der Waals surface area contributed by atoms with Crippen LogP contribution in [0, 0.1) is 0 Å². The molecule has 0 fully saturated rings. The van der Waals surface area contributed by atoms with E-state index in [0.717, 1.165) is 16.5 Å². The van der Waals surface area contributed by atoms with Crippen LogP contribution in [0.1, 0.15) is 16.1 Å². The second kappa shape index (κ2) is 4.90. The Labute approximate surface area is 110 Å². The highest BCUT2D eigenvalue weighted by Crippen LogP contribution is 2.14. The maximum Gasteiger partial charge on any atom is 0.201 e. The first kappa shape index (κ1) is 11.4. The van der Waals surface area contributed by atoms with Crippen LogP contribution in [0.3, 0.4) is 0 Å². The second-order valence-corrected chi connectivity index (χ2v) is 4.24. The van der Waals surface area contributed by atoms with Crippen molar-refractivity contribution in [2.75, 3.05) is 0 Å². The monoisotopic (exact) mass is 248 g/mol. The lowest BCUT2D eigenvalue weighted by atomic mass is 10.1. The van der Waals surface area contributed by atoms with Crippen LogP contribution >= 0.6 is 0 Å². The van der Waals surface area contributed by atoms with Gasteiger partial charge >= 0.3 is 0 Å². The van der Waals surface area contributed by atoms with Crippen LogP contribution < -0.4 is 0 Å². The molecule has 0 radical (unpaired) electrons. The van der Waals surface area contributed by atoms with Crippen molar-refractivity contribution in [1.82, 2.24) is 9.97 Å². The summed E-state index contributed by atoms with van der Waals surface area (Å²) in [5, 5.41) is 1.07. The van der Waals surface area contributed by atoms with E-state index in [4.69, 9.17) is 0 Å². The Bertz CT molecular complexity index is 742. The van der Waals surface area contributed by atoms with Gasteiger partial charge in [0.05, 0.1) is 11.2 Å². The summed E-state index contributed by atoms with van der Waals surface area (Å²) in [6.45, 7) is 0. The summed E-state index contributed by atoms with van der Waals surface area (Å²) >= 11 is 0. The Morgan fingerprint density at radius 1 is 1.16 bits per heavy atom. The SMILES string of the molecule is O=C(C=Cc1ccc2ncccc2c1)c1ccc[nH]1. The van der Waals surface area contributed by atoms with Crippen molar-refractivity contribution in [3.8, 4) is 0 Å². The van der Waals surface area contributed by atoms with E-state index in [0.29, 0.717) is 5.69 Å². The molecule has 92 valence electrons. The van der Waals surface area contributed by atoms with Gasteiger partial charge in [0, 0.05) is 17.8 Å². The fourth-order valence-corrected chi connectivity index (χ4v) is 1.94. The van der Waals surface area contributed by atoms with Gasteiger partial charge in [-0.15, -0.1) is 0 Å². The second-order valence-electron chi connectivity index (χ2n) is 4.24. The topological polar surface area (TPSA) is 45.8 Å². The summed E-state index contributed by atoms with van der Waals surface area (Å²) in [5.74, 6) is -0.0312. The molecule has 0 spiro atoms. The molecule has 3 aromatic rings. The third-order valence-corrected chi connectivity index (χ3v) is 2.92. The summed E-state index contributed by atoms with van der Waals surface area (Å²) in [6, 6.07) is 13.4. The van der Waals surface area contributed by atoms with Gasteiger partial charge in [-0.05, 0) is 42.0 Å². The zero-order valence-corrected chi connectivity index (χ0v) is 10.2. The minimum atomic E-state index is -0.0312. The number of hydrogen-bond donors (Lipinski definition) is 1. The summed E-state index contributed by atoms with van der Waals surface area (Å²) < 4.78 is 0. The van der Waals surface area contributed by atoms with Crippen LogP contribution in [0.4, 0.5) is 0 Å². The number of nitrogens with one attached hydrogen (secondary N) is 1. The van der Waals surface area contributed by atoms with Crippen LogP contribution in [-0.2, 0) is 0 Å². The van der Waals surface area contributed by atoms with Crippen LogP contribution in [0.25, 0.3) is 17.0 Å². The van der Waals surface area contributed by atoms with Crippen molar-refractivity contribution in [3.63, 3.8) is 0 Å². The molecule has 0 saturated carbocycles. The van der Waals surface area contributed by atoms with Crippen molar-refractivity contribution in [3.05, 3.63) is 72.2 Å². The van der Waals surface area contributed by atoms with Crippen molar-refractivity contribution in [2.24, 2.45) is 0 Å². The fourth-order valence-electron chi connectivity index (χ4n) is 1.94. The number of benzene rings is 1. The van der Waals surface area contributed by atoms with E-state index in [-0.39, 0.29) is 5.78 Å². The zero-order chi connectivity index (χ0) is 13.1. The number of pyridine rings is 1. The molecule has 1 aromatic carbocycles. The lowest BCUT2D eigenvalue weighted by Gasteiger charge is -1.98. The largest absolute Gasteiger partial charge is 0.359 e. The average Bonchev–Trinajstić information content (AvgIpc) is 2.99. The van der Waals surface area contributed by atoms with E-state index in [1.165, 1.54) is 0 Å². The van der Waals surface area contributed by atoms with E-state index < -0.39 is 0 Å². The molecule has 2 heterocycles. The van der Waals surface area contributed by atoms with Crippen LogP contribution in [0.5, 0.6) is 0 Å². The highest BCUT2D eigenvalue weighted by atomic mass is 16.1. The Morgan fingerprint density at radius 2 is 2.11 bits per heavy atom. The summed E-state index contributed by atoms with van der Waals surface area (Å²) in [6.07, 6.45) is 6.90. The number of carbonyl (C=O) groups is 1. The molecule has 0 bridgehead atoms. The third-order valence-electron chi connectivity index (χ3n) is 2.92. The number of hydrogen-bond acceptors (Lipinski definition) is 2. The number of nitrogens with zero attached hydrogens (tertiary/aromatic N) is 1. The third kappa shape index (κ3) is 2.45. The van der Waals surface area contributed by atoms with Gasteiger partial charge in [0.2, 0.25) is 5.78 Å². The van der Waals surface area contributed by atoms with E-state index in [1.54, 1.807) is 24.5 Å². The first-order valence-electron chi connectivity index (χ1n) is 6.03. The van der Waals surface area contributed by atoms with E-state index in [9.17, 15) is 4.79 Å². The van der Waals surface area contributed by atoms with Gasteiger partial charge < -0.3 is 4.98 Å². The number of aromatic nitrogens is 2. The van der Waals surface area contributed by atoms with Crippen molar-refractivity contribution in [2.45, 2.75) is 0 Å². The first-order chi connectivity index (χ1) is 9.33. The van der Waals surface area contributed by atoms with Crippen LogP contribution in [-0.4, -0.2) is 15.8 Å². The molecule has 2 aromatic heterocycles. The predicted molar refractivity (Wildman–Crippen MR) is 75.9 cm³/mol. The minimum absolute atomic E-state index is 0.0312. The standard InChI is InChI=1S/C16H12N2O/c19-16(15-4-2-10-18-15)8-6-12-5-7-14-13(11-12)3-1-9-17-14/h1-11,18H. The number of allylic oxidation sites excluding steroid dienone is 1.